The maximum absolute atomic E-state index is 13.4. The number of carbonyl (C=O) groups is 1. The molecule has 0 aliphatic rings. The van der Waals surface area contributed by atoms with Gasteiger partial charge in [0.25, 0.3) is 11.2 Å². The maximum Gasteiger partial charge on any atom is 0.342 e. The van der Waals surface area contributed by atoms with Crippen molar-refractivity contribution in [2.75, 3.05) is 26.1 Å². The van der Waals surface area contributed by atoms with E-state index in [9.17, 15) is 19.7 Å². The Balaban J connectivity index is 2.39. The zero-order valence-corrected chi connectivity index (χ0v) is 17.4. The van der Waals surface area contributed by atoms with Crippen LogP contribution in [0.4, 0.5) is 11.5 Å². The molecule has 0 atom stereocenters. The zero-order valence-electron chi connectivity index (χ0n) is 17.4. The molecule has 4 rings (SSSR count). The molecule has 0 unspecified atom stereocenters. The number of para-hydroxylation sites is 1. The number of carbonyl (C=O) groups excluding carboxylic acids is 1. The van der Waals surface area contributed by atoms with Crippen LogP contribution in [0.25, 0.3) is 27.5 Å². The molecule has 0 radical (unpaired) electrons. The fourth-order valence-corrected chi connectivity index (χ4v) is 3.97. The number of benzene rings is 2. The number of anilines is 1. The Labute approximate surface area is 176 Å². The van der Waals surface area contributed by atoms with E-state index in [-0.39, 0.29) is 16.6 Å². The molecule has 9 nitrogen and oxygen atoms in total. The van der Waals surface area contributed by atoms with Gasteiger partial charge in [0.15, 0.2) is 0 Å². The molecule has 0 saturated carbocycles. The minimum Gasteiger partial charge on any atom is -0.465 e. The number of non-ortho nitro benzene ring substituents is 1. The third-order valence-electron chi connectivity index (χ3n) is 5.30. The molecular weight excluding hydrogens is 400 g/mol. The van der Waals surface area contributed by atoms with Crippen molar-refractivity contribution < 1.29 is 14.5 Å². The number of ether oxygens (including phenoxy) is 1. The van der Waals surface area contributed by atoms with Gasteiger partial charge in [-0.15, -0.1) is 0 Å². The molecule has 158 valence electrons. The van der Waals surface area contributed by atoms with Crippen molar-refractivity contribution >= 4 is 39.3 Å². The quantitative estimate of drug-likeness (QED) is 0.285. The molecule has 0 saturated heterocycles. The molecule has 0 N–H and O–H groups in total. The number of esters is 1. The zero-order chi connectivity index (χ0) is 22.4. The molecule has 0 fully saturated rings. The first kappa shape index (κ1) is 20.1. The van der Waals surface area contributed by atoms with E-state index in [1.165, 1.54) is 23.8 Å². The van der Waals surface area contributed by atoms with E-state index in [0.29, 0.717) is 27.9 Å². The second-order valence-corrected chi connectivity index (χ2v) is 7.30. The molecular formula is C22H20N4O5. The Bertz CT molecular complexity index is 1420. The highest BCUT2D eigenvalue weighted by Crippen LogP contribution is 2.38. The van der Waals surface area contributed by atoms with Crippen molar-refractivity contribution in [1.29, 1.82) is 0 Å². The maximum atomic E-state index is 13.4. The number of nitro benzene ring substituents is 1. The number of methoxy groups -OCH3 is 1. The highest BCUT2D eigenvalue weighted by atomic mass is 16.6. The van der Waals surface area contributed by atoms with Crippen LogP contribution in [0.2, 0.25) is 0 Å². The van der Waals surface area contributed by atoms with Gasteiger partial charge >= 0.3 is 5.97 Å². The van der Waals surface area contributed by atoms with E-state index in [4.69, 9.17) is 4.74 Å². The van der Waals surface area contributed by atoms with Crippen LogP contribution in [-0.2, 0) is 11.8 Å². The topological polar surface area (TPSA) is 99.6 Å². The summed E-state index contributed by atoms with van der Waals surface area (Å²) in [6.45, 7) is 0. The van der Waals surface area contributed by atoms with Gasteiger partial charge in [-0.1, -0.05) is 18.2 Å². The molecule has 2 heterocycles. The summed E-state index contributed by atoms with van der Waals surface area (Å²) in [7, 11) is 6.35. The lowest BCUT2D eigenvalue weighted by Crippen LogP contribution is -2.20. The number of nitro groups is 1. The van der Waals surface area contributed by atoms with Gasteiger partial charge in [0.1, 0.15) is 11.4 Å². The van der Waals surface area contributed by atoms with Gasteiger partial charge in [0, 0.05) is 44.3 Å². The van der Waals surface area contributed by atoms with E-state index >= 15 is 0 Å². The van der Waals surface area contributed by atoms with Crippen LogP contribution < -0.4 is 10.5 Å². The first-order valence-corrected chi connectivity index (χ1v) is 9.44. The van der Waals surface area contributed by atoms with Gasteiger partial charge in [-0.3, -0.25) is 19.5 Å². The van der Waals surface area contributed by atoms with Crippen molar-refractivity contribution in [3.05, 3.63) is 74.6 Å². The number of aryl methyl sites for hydroxylation is 1. The second-order valence-electron chi connectivity index (χ2n) is 7.30. The minimum atomic E-state index is -0.662. The van der Waals surface area contributed by atoms with Crippen molar-refractivity contribution in [1.82, 2.24) is 9.13 Å². The smallest absolute Gasteiger partial charge is 0.342 e. The molecule has 0 spiro atoms. The van der Waals surface area contributed by atoms with Gasteiger partial charge in [0.05, 0.1) is 28.5 Å². The number of hydrogen-bond donors (Lipinski definition) is 0. The lowest BCUT2D eigenvalue weighted by atomic mass is 10.1. The van der Waals surface area contributed by atoms with E-state index in [1.807, 2.05) is 30.3 Å². The molecule has 0 aliphatic carbocycles. The van der Waals surface area contributed by atoms with Crippen LogP contribution >= 0.6 is 0 Å². The summed E-state index contributed by atoms with van der Waals surface area (Å²) in [5, 5.41) is 12.1. The number of rotatable bonds is 4. The Kier molecular flexibility index (Phi) is 4.73. The standard InChI is InChI=1S/C22H20N4O5/c1-23(2)20-18(22(28)31-4)17-19(25(20)13-8-6-5-7-9-13)15-12-14(26(29)30)10-11-16(15)24(3)21(17)27/h5-12H,1-4H3. The summed E-state index contributed by atoms with van der Waals surface area (Å²) < 4.78 is 8.18. The molecule has 0 bridgehead atoms. The van der Waals surface area contributed by atoms with E-state index in [0.717, 1.165) is 0 Å². The van der Waals surface area contributed by atoms with Gasteiger partial charge in [-0.2, -0.15) is 0 Å². The van der Waals surface area contributed by atoms with E-state index < -0.39 is 16.5 Å². The van der Waals surface area contributed by atoms with Gasteiger partial charge < -0.3 is 14.2 Å². The molecule has 31 heavy (non-hydrogen) atoms. The Hall–Kier alpha value is -4.14. The number of fused-ring (bicyclic) bond motifs is 3. The summed E-state index contributed by atoms with van der Waals surface area (Å²) in [5.74, 6) is -0.214. The molecule has 2 aromatic carbocycles. The Morgan fingerprint density at radius 1 is 1.13 bits per heavy atom. The molecule has 9 heteroatoms. The fraction of sp³-hybridized carbons (Fsp3) is 0.182. The van der Waals surface area contributed by atoms with Crippen LogP contribution in [0.3, 0.4) is 0 Å². The van der Waals surface area contributed by atoms with Gasteiger partial charge in [-0.25, -0.2) is 4.79 Å². The SMILES string of the molecule is COC(=O)c1c(N(C)C)n(-c2ccccc2)c2c1c(=O)n(C)c1ccc([N+](=O)[O-])cc21. The summed E-state index contributed by atoms with van der Waals surface area (Å²) >= 11 is 0. The van der Waals surface area contributed by atoms with Crippen molar-refractivity contribution in [3.63, 3.8) is 0 Å². The highest BCUT2D eigenvalue weighted by molar-refractivity contribution is 6.17. The lowest BCUT2D eigenvalue weighted by molar-refractivity contribution is -0.384. The third kappa shape index (κ3) is 2.93. The number of hydrogen-bond acceptors (Lipinski definition) is 6. The average Bonchev–Trinajstić information content (AvgIpc) is 3.13. The first-order chi connectivity index (χ1) is 14.8. The largest absolute Gasteiger partial charge is 0.465 e. The number of pyridine rings is 1. The van der Waals surface area contributed by atoms with Gasteiger partial charge in [0.2, 0.25) is 0 Å². The van der Waals surface area contributed by atoms with Gasteiger partial charge in [-0.05, 0) is 18.2 Å². The van der Waals surface area contributed by atoms with Crippen molar-refractivity contribution in [3.8, 4) is 5.69 Å². The molecule has 2 aromatic heterocycles. The monoisotopic (exact) mass is 420 g/mol. The van der Waals surface area contributed by atoms with Crippen LogP contribution in [0.15, 0.2) is 53.3 Å². The predicted molar refractivity (Wildman–Crippen MR) is 118 cm³/mol. The summed E-state index contributed by atoms with van der Waals surface area (Å²) in [5.41, 5.74) is 1.23. The average molecular weight is 420 g/mol. The summed E-state index contributed by atoms with van der Waals surface area (Å²) in [6, 6.07) is 13.5. The molecule has 0 amide bonds. The minimum absolute atomic E-state index is 0.111. The molecule has 0 aliphatic heterocycles. The van der Waals surface area contributed by atoms with Crippen molar-refractivity contribution in [2.24, 2.45) is 7.05 Å². The molecule has 4 aromatic rings. The van der Waals surface area contributed by atoms with Crippen LogP contribution in [-0.4, -0.2) is 41.2 Å². The predicted octanol–water partition coefficient (Wildman–Crippen LogP) is 3.24. The number of aromatic nitrogens is 2. The van der Waals surface area contributed by atoms with Crippen LogP contribution in [0.5, 0.6) is 0 Å². The number of nitrogens with zero attached hydrogens (tertiary/aromatic N) is 4. The fourth-order valence-electron chi connectivity index (χ4n) is 3.97. The normalized spacial score (nSPS) is 11.1. The second kappa shape index (κ2) is 7.28. The van der Waals surface area contributed by atoms with Crippen LogP contribution in [0, 0.1) is 10.1 Å². The third-order valence-corrected chi connectivity index (χ3v) is 5.30. The first-order valence-electron chi connectivity index (χ1n) is 9.44. The Morgan fingerprint density at radius 2 is 1.81 bits per heavy atom. The summed E-state index contributed by atoms with van der Waals surface area (Å²) in [4.78, 5) is 39.0. The van der Waals surface area contributed by atoms with E-state index in [2.05, 4.69) is 0 Å². The van der Waals surface area contributed by atoms with E-state index in [1.54, 1.807) is 36.7 Å². The van der Waals surface area contributed by atoms with Crippen LogP contribution in [0.1, 0.15) is 10.4 Å². The lowest BCUT2D eigenvalue weighted by Gasteiger charge is -2.19. The summed E-state index contributed by atoms with van der Waals surface area (Å²) in [6.07, 6.45) is 0. The highest BCUT2D eigenvalue weighted by Gasteiger charge is 2.30. The van der Waals surface area contributed by atoms with Crippen molar-refractivity contribution in [2.45, 2.75) is 0 Å². The Morgan fingerprint density at radius 3 is 2.39 bits per heavy atom.